The highest BCUT2D eigenvalue weighted by molar-refractivity contribution is 7.99. The number of hydrogen-bond donors (Lipinski definition) is 0. The molecule has 4 nitrogen and oxygen atoms in total. The van der Waals surface area contributed by atoms with Crippen molar-refractivity contribution < 1.29 is 13.9 Å². The van der Waals surface area contributed by atoms with Crippen molar-refractivity contribution >= 4 is 22.7 Å². The van der Waals surface area contributed by atoms with Crippen LogP contribution in [0.2, 0.25) is 0 Å². The van der Waals surface area contributed by atoms with Crippen LogP contribution in [-0.2, 0) is 6.42 Å². The Morgan fingerprint density at radius 2 is 1.96 bits per heavy atom. The molecule has 0 fully saturated rings. The first-order valence-corrected chi connectivity index (χ1v) is 8.52. The minimum Gasteiger partial charge on any atom is -0.497 e. The van der Waals surface area contributed by atoms with Crippen LogP contribution in [0, 0.1) is 0 Å². The maximum Gasteiger partial charge on any atom is 0.350 e. The zero-order valence-electron chi connectivity index (χ0n) is 13.4. The number of thioether (sulfide) groups is 1. The number of methoxy groups -OCH3 is 2. The lowest BCUT2D eigenvalue weighted by Crippen LogP contribution is -2.02. The van der Waals surface area contributed by atoms with Gasteiger partial charge in [0.1, 0.15) is 17.1 Å². The van der Waals surface area contributed by atoms with Crippen molar-refractivity contribution in [2.75, 3.05) is 14.2 Å². The number of rotatable bonds is 3. The van der Waals surface area contributed by atoms with Gasteiger partial charge in [0.05, 0.1) is 19.1 Å². The number of benzene rings is 2. The fourth-order valence-corrected chi connectivity index (χ4v) is 4.48. The predicted molar refractivity (Wildman–Crippen MR) is 94.3 cm³/mol. The molecule has 1 unspecified atom stereocenters. The van der Waals surface area contributed by atoms with E-state index in [9.17, 15) is 4.79 Å². The van der Waals surface area contributed by atoms with Crippen molar-refractivity contribution in [3.8, 4) is 11.5 Å². The molecule has 0 amide bonds. The zero-order chi connectivity index (χ0) is 16.7. The number of hydrogen-bond acceptors (Lipinski definition) is 5. The Bertz CT molecular complexity index is 977. The van der Waals surface area contributed by atoms with Crippen molar-refractivity contribution in [3.63, 3.8) is 0 Å². The van der Waals surface area contributed by atoms with Crippen LogP contribution in [0.4, 0.5) is 0 Å². The maximum absolute atomic E-state index is 12.3. The summed E-state index contributed by atoms with van der Waals surface area (Å²) in [5.41, 5.74) is 2.51. The van der Waals surface area contributed by atoms with Crippen LogP contribution in [0.25, 0.3) is 11.0 Å². The van der Waals surface area contributed by atoms with Gasteiger partial charge in [-0.2, -0.15) is 0 Å². The number of ether oxygens (including phenoxy) is 2. The van der Waals surface area contributed by atoms with Gasteiger partial charge in [-0.1, -0.05) is 24.3 Å². The lowest BCUT2D eigenvalue weighted by atomic mass is 10.0. The van der Waals surface area contributed by atoms with Gasteiger partial charge >= 0.3 is 5.63 Å². The maximum atomic E-state index is 12.3. The first-order valence-electron chi connectivity index (χ1n) is 7.64. The van der Waals surface area contributed by atoms with Crippen LogP contribution in [0.5, 0.6) is 11.5 Å². The summed E-state index contributed by atoms with van der Waals surface area (Å²) < 4.78 is 16.2. The van der Waals surface area contributed by atoms with E-state index < -0.39 is 0 Å². The van der Waals surface area contributed by atoms with Gasteiger partial charge in [0.2, 0.25) is 0 Å². The summed E-state index contributed by atoms with van der Waals surface area (Å²) >= 11 is 1.55. The molecule has 0 bridgehead atoms. The minimum atomic E-state index is -0.260. The van der Waals surface area contributed by atoms with Gasteiger partial charge in [0.15, 0.2) is 0 Å². The average molecular weight is 340 g/mol. The second kappa shape index (κ2) is 5.91. The van der Waals surface area contributed by atoms with E-state index in [-0.39, 0.29) is 10.9 Å². The summed E-state index contributed by atoms with van der Waals surface area (Å²) in [7, 11) is 3.28. The Balaban J connectivity index is 1.80. The van der Waals surface area contributed by atoms with Crippen molar-refractivity contribution in [3.05, 3.63) is 64.0 Å². The van der Waals surface area contributed by atoms with Crippen LogP contribution in [0.3, 0.4) is 0 Å². The number of fused-ring (bicyclic) bond motifs is 3. The largest absolute Gasteiger partial charge is 0.497 e. The van der Waals surface area contributed by atoms with E-state index in [4.69, 9.17) is 13.9 Å². The van der Waals surface area contributed by atoms with Gasteiger partial charge in [-0.25, -0.2) is 4.79 Å². The molecule has 5 heteroatoms. The van der Waals surface area contributed by atoms with Crippen LogP contribution < -0.4 is 15.1 Å². The van der Waals surface area contributed by atoms with Gasteiger partial charge in [-0.15, -0.1) is 11.8 Å². The first kappa shape index (κ1) is 15.1. The van der Waals surface area contributed by atoms with Gasteiger partial charge in [-0.3, -0.25) is 0 Å². The molecule has 0 aliphatic carbocycles. The lowest BCUT2D eigenvalue weighted by Gasteiger charge is -2.14. The summed E-state index contributed by atoms with van der Waals surface area (Å²) in [6.45, 7) is 0. The Kier molecular flexibility index (Phi) is 3.73. The molecular formula is C19H16O4S. The molecule has 0 saturated heterocycles. The third-order valence-corrected chi connectivity index (χ3v) is 5.67. The Morgan fingerprint density at radius 1 is 1.12 bits per heavy atom. The molecular weight excluding hydrogens is 324 g/mol. The topological polar surface area (TPSA) is 48.7 Å². The molecule has 122 valence electrons. The fourth-order valence-electron chi connectivity index (χ4n) is 3.15. The molecule has 1 atom stereocenters. The van der Waals surface area contributed by atoms with Crippen molar-refractivity contribution in [2.24, 2.45) is 0 Å². The molecule has 0 saturated carbocycles. The highest BCUT2D eigenvalue weighted by atomic mass is 32.2. The summed E-state index contributed by atoms with van der Waals surface area (Å²) in [5.74, 6) is 1.52. The Hall–Kier alpha value is -2.40. The van der Waals surface area contributed by atoms with Crippen LogP contribution in [-0.4, -0.2) is 14.2 Å². The quantitative estimate of drug-likeness (QED) is 0.669. The fraction of sp³-hybridized carbons (Fsp3) is 0.211. The third-order valence-electron chi connectivity index (χ3n) is 4.31. The molecule has 0 N–H and O–H groups in total. The molecule has 2 heterocycles. The summed E-state index contributed by atoms with van der Waals surface area (Å²) in [4.78, 5) is 13.0. The highest BCUT2D eigenvalue weighted by Gasteiger charge is 2.31. The van der Waals surface area contributed by atoms with E-state index in [0.717, 1.165) is 34.4 Å². The smallest absolute Gasteiger partial charge is 0.350 e. The monoisotopic (exact) mass is 340 g/mol. The van der Waals surface area contributed by atoms with E-state index >= 15 is 0 Å². The third kappa shape index (κ3) is 2.36. The molecule has 2 aromatic carbocycles. The minimum absolute atomic E-state index is 0.120. The summed E-state index contributed by atoms with van der Waals surface area (Å²) in [6.07, 6.45) is 0.773. The second-order valence-corrected chi connectivity index (χ2v) is 6.82. The standard InChI is InChI=1S/C19H16O4S/c1-21-11-7-8-13(16(9-11)22-2)17-10-14-12-5-3-4-6-15(12)23-19(20)18(14)24-17/h3-9,17H,10H2,1-2H3. The zero-order valence-corrected chi connectivity index (χ0v) is 14.2. The van der Waals surface area contributed by atoms with E-state index in [0.29, 0.717) is 10.5 Å². The van der Waals surface area contributed by atoms with Gasteiger partial charge in [0, 0.05) is 22.3 Å². The van der Waals surface area contributed by atoms with E-state index in [1.165, 1.54) is 0 Å². The molecule has 0 radical (unpaired) electrons. The first-order chi connectivity index (χ1) is 11.7. The van der Waals surface area contributed by atoms with Crippen molar-refractivity contribution in [1.82, 2.24) is 0 Å². The van der Waals surface area contributed by atoms with E-state index in [1.807, 2.05) is 42.5 Å². The van der Waals surface area contributed by atoms with E-state index in [2.05, 4.69) is 0 Å². The van der Waals surface area contributed by atoms with E-state index in [1.54, 1.807) is 26.0 Å². The number of para-hydroxylation sites is 1. The van der Waals surface area contributed by atoms with Gasteiger partial charge in [0.25, 0.3) is 0 Å². The molecule has 4 rings (SSSR count). The highest BCUT2D eigenvalue weighted by Crippen LogP contribution is 2.49. The van der Waals surface area contributed by atoms with Crippen LogP contribution in [0.1, 0.15) is 16.4 Å². The lowest BCUT2D eigenvalue weighted by molar-refractivity contribution is 0.391. The summed E-state index contributed by atoms with van der Waals surface area (Å²) in [5, 5.41) is 1.13. The summed E-state index contributed by atoms with van der Waals surface area (Å²) in [6, 6.07) is 13.5. The Labute approximate surface area is 143 Å². The average Bonchev–Trinajstić information content (AvgIpc) is 3.07. The van der Waals surface area contributed by atoms with Crippen LogP contribution in [0.15, 0.2) is 56.6 Å². The molecule has 0 spiro atoms. The Morgan fingerprint density at radius 3 is 2.75 bits per heavy atom. The molecule has 24 heavy (non-hydrogen) atoms. The second-order valence-electron chi connectivity index (χ2n) is 5.61. The molecule has 3 aromatic rings. The van der Waals surface area contributed by atoms with Crippen molar-refractivity contribution in [1.29, 1.82) is 0 Å². The van der Waals surface area contributed by atoms with Crippen molar-refractivity contribution in [2.45, 2.75) is 16.6 Å². The molecule has 1 aliphatic heterocycles. The van der Waals surface area contributed by atoms with Gasteiger partial charge < -0.3 is 13.9 Å². The van der Waals surface area contributed by atoms with Crippen LogP contribution >= 0.6 is 11.8 Å². The van der Waals surface area contributed by atoms with Gasteiger partial charge in [-0.05, 0) is 24.1 Å². The molecule has 1 aromatic heterocycles. The SMILES string of the molecule is COc1ccc(C2Cc3c(c(=O)oc4ccccc34)S2)c(OC)c1. The molecule has 1 aliphatic rings. The normalized spacial score (nSPS) is 16.2. The predicted octanol–water partition coefficient (Wildman–Crippen LogP) is 4.20.